The van der Waals surface area contributed by atoms with Crippen molar-refractivity contribution in [2.45, 2.75) is 12.0 Å². The van der Waals surface area contributed by atoms with Gasteiger partial charge in [0.05, 0.1) is 11.4 Å². The van der Waals surface area contributed by atoms with Crippen LogP contribution in [0.25, 0.3) is 0 Å². The molecule has 7 heteroatoms. The lowest BCUT2D eigenvalue weighted by Gasteiger charge is -2.08. The summed E-state index contributed by atoms with van der Waals surface area (Å²) in [5.74, 6) is -0.125. The van der Waals surface area contributed by atoms with Gasteiger partial charge in [0.2, 0.25) is 5.09 Å². The van der Waals surface area contributed by atoms with Crippen molar-refractivity contribution < 1.29 is 17.2 Å². The highest BCUT2D eigenvalue weighted by Crippen LogP contribution is 2.23. The van der Waals surface area contributed by atoms with E-state index < -0.39 is 15.8 Å². The number of benzene rings is 1. The molecule has 0 radical (unpaired) electrons. The minimum atomic E-state index is -3.90. The zero-order valence-electron chi connectivity index (χ0n) is 9.48. The van der Waals surface area contributed by atoms with Crippen LogP contribution in [0.4, 0.5) is 15.8 Å². The number of nitrogen functional groups attached to an aromatic ring is 1. The first-order valence-electron chi connectivity index (χ1n) is 5.03. The number of anilines is 2. The van der Waals surface area contributed by atoms with Crippen LogP contribution in [0.2, 0.25) is 0 Å². The molecule has 0 spiro atoms. The third-order valence-electron chi connectivity index (χ3n) is 2.24. The Bertz CT molecular complexity index is 679. The number of halogens is 1. The van der Waals surface area contributed by atoms with Gasteiger partial charge in [-0.25, -0.2) is 4.39 Å². The Kier molecular flexibility index (Phi) is 3.00. The van der Waals surface area contributed by atoms with Gasteiger partial charge in [0.1, 0.15) is 11.6 Å². The third-order valence-corrected chi connectivity index (χ3v) is 3.48. The predicted octanol–water partition coefficient (Wildman–Crippen LogP) is 2.11. The number of aryl methyl sites for hydroxylation is 1. The average Bonchev–Trinajstić information content (AvgIpc) is 2.71. The molecule has 0 atom stereocenters. The van der Waals surface area contributed by atoms with E-state index in [2.05, 4.69) is 4.72 Å². The maximum absolute atomic E-state index is 13.0. The van der Waals surface area contributed by atoms with Crippen LogP contribution in [0.1, 0.15) is 5.76 Å². The fraction of sp³-hybridized carbons (Fsp3) is 0.0909. The van der Waals surface area contributed by atoms with Gasteiger partial charge >= 0.3 is 0 Å². The van der Waals surface area contributed by atoms with Gasteiger partial charge in [-0.15, -0.1) is 0 Å². The average molecular weight is 270 g/mol. The van der Waals surface area contributed by atoms with Crippen molar-refractivity contribution in [2.75, 3.05) is 10.5 Å². The number of nitrogens with one attached hydrogen (secondary N) is 1. The van der Waals surface area contributed by atoms with Crippen LogP contribution in [0.5, 0.6) is 0 Å². The van der Waals surface area contributed by atoms with E-state index >= 15 is 0 Å². The van der Waals surface area contributed by atoms with Crippen LogP contribution < -0.4 is 10.5 Å². The Hall–Kier alpha value is -2.02. The van der Waals surface area contributed by atoms with Gasteiger partial charge in [-0.05, 0) is 31.2 Å². The molecule has 1 aromatic heterocycles. The lowest BCUT2D eigenvalue weighted by molar-refractivity contribution is 0.430. The summed E-state index contributed by atoms with van der Waals surface area (Å²) in [6, 6.07) is 6.25. The van der Waals surface area contributed by atoms with Crippen LogP contribution >= 0.6 is 0 Å². The molecule has 0 saturated carbocycles. The molecule has 0 aliphatic heterocycles. The highest BCUT2D eigenvalue weighted by Gasteiger charge is 2.19. The van der Waals surface area contributed by atoms with Crippen molar-refractivity contribution in [3.8, 4) is 0 Å². The largest absolute Gasteiger partial charge is 0.448 e. The van der Waals surface area contributed by atoms with Gasteiger partial charge in [0.25, 0.3) is 10.0 Å². The summed E-state index contributed by atoms with van der Waals surface area (Å²) < 4.78 is 44.0. The van der Waals surface area contributed by atoms with Gasteiger partial charge in [0.15, 0.2) is 0 Å². The molecule has 18 heavy (non-hydrogen) atoms. The zero-order valence-corrected chi connectivity index (χ0v) is 10.3. The normalized spacial score (nSPS) is 11.4. The van der Waals surface area contributed by atoms with E-state index in [1.54, 1.807) is 6.92 Å². The van der Waals surface area contributed by atoms with Crippen LogP contribution in [0, 0.1) is 12.7 Å². The fourth-order valence-electron chi connectivity index (χ4n) is 1.37. The molecule has 1 heterocycles. The summed E-state index contributed by atoms with van der Waals surface area (Å²) in [7, 11) is -3.90. The summed E-state index contributed by atoms with van der Waals surface area (Å²) in [5.41, 5.74) is 5.66. The van der Waals surface area contributed by atoms with Gasteiger partial charge in [-0.3, -0.25) is 4.72 Å². The molecule has 5 nitrogen and oxygen atoms in total. The summed E-state index contributed by atoms with van der Waals surface area (Å²) in [5, 5.41) is -0.247. The first-order valence-corrected chi connectivity index (χ1v) is 6.51. The van der Waals surface area contributed by atoms with Crippen molar-refractivity contribution in [1.29, 1.82) is 0 Å². The number of sulfonamides is 1. The van der Waals surface area contributed by atoms with Crippen LogP contribution in [-0.4, -0.2) is 8.42 Å². The van der Waals surface area contributed by atoms with Crippen LogP contribution in [-0.2, 0) is 10.0 Å². The highest BCUT2D eigenvalue weighted by atomic mass is 32.2. The van der Waals surface area contributed by atoms with E-state index in [-0.39, 0.29) is 16.5 Å². The van der Waals surface area contributed by atoms with Crippen molar-refractivity contribution >= 4 is 21.4 Å². The first-order chi connectivity index (χ1) is 8.38. The van der Waals surface area contributed by atoms with Crippen molar-refractivity contribution in [3.63, 3.8) is 0 Å². The van der Waals surface area contributed by atoms with Gasteiger partial charge in [0, 0.05) is 6.07 Å². The topological polar surface area (TPSA) is 85.3 Å². The minimum absolute atomic E-state index is 0.0240. The van der Waals surface area contributed by atoms with Gasteiger partial charge in [-0.1, -0.05) is 0 Å². The molecule has 0 bridgehead atoms. The molecule has 0 aliphatic carbocycles. The van der Waals surface area contributed by atoms with Crippen LogP contribution in [0.15, 0.2) is 39.8 Å². The molecular formula is C11H11FN2O3S. The molecule has 0 fully saturated rings. The number of nitrogens with two attached hydrogens (primary N) is 1. The Morgan fingerprint density at radius 2 is 2.00 bits per heavy atom. The zero-order chi connectivity index (χ0) is 13.3. The summed E-state index contributed by atoms with van der Waals surface area (Å²) in [4.78, 5) is 0. The third kappa shape index (κ3) is 2.45. The number of furan rings is 1. The summed E-state index contributed by atoms with van der Waals surface area (Å²) in [6.07, 6.45) is 0. The lowest BCUT2D eigenvalue weighted by atomic mass is 10.3. The van der Waals surface area contributed by atoms with Gasteiger partial charge < -0.3 is 10.2 Å². The SMILES string of the molecule is Cc1ccc(S(=O)(=O)Nc2cc(F)ccc2N)o1. The lowest BCUT2D eigenvalue weighted by Crippen LogP contribution is -2.13. The molecule has 0 amide bonds. The van der Waals surface area contributed by atoms with E-state index in [0.717, 1.165) is 12.1 Å². The Balaban J connectivity index is 2.36. The number of hydrogen-bond acceptors (Lipinski definition) is 4. The Morgan fingerprint density at radius 3 is 2.61 bits per heavy atom. The van der Waals surface area contributed by atoms with E-state index in [1.807, 2.05) is 0 Å². The molecule has 1 aromatic carbocycles. The summed E-state index contributed by atoms with van der Waals surface area (Å²) in [6.45, 7) is 1.62. The second-order valence-electron chi connectivity index (χ2n) is 3.70. The van der Waals surface area contributed by atoms with E-state index in [9.17, 15) is 12.8 Å². The Morgan fingerprint density at radius 1 is 1.28 bits per heavy atom. The maximum atomic E-state index is 13.0. The fourth-order valence-corrected chi connectivity index (χ4v) is 2.42. The minimum Gasteiger partial charge on any atom is -0.448 e. The first kappa shape index (κ1) is 12.4. The van der Waals surface area contributed by atoms with Crippen molar-refractivity contribution in [3.05, 3.63) is 41.9 Å². The molecule has 2 rings (SSSR count). The maximum Gasteiger partial charge on any atom is 0.295 e. The molecule has 96 valence electrons. The van der Waals surface area contributed by atoms with E-state index in [4.69, 9.17) is 10.2 Å². The second-order valence-corrected chi connectivity index (χ2v) is 5.32. The quantitative estimate of drug-likeness (QED) is 0.836. The number of hydrogen-bond donors (Lipinski definition) is 2. The second kappa shape index (κ2) is 4.34. The summed E-state index contributed by atoms with van der Waals surface area (Å²) >= 11 is 0. The molecule has 3 N–H and O–H groups in total. The van der Waals surface area contributed by atoms with Crippen LogP contribution in [0.3, 0.4) is 0 Å². The molecule has 0 unspecified atom stereocenters. The predicted molar refractivity (Wildman–Crippen MR) is 65.1 cm³/mol. The molecule has 0 saturated heterocycles. The smallest absolute Gasteiger partial charge is 0.295 e. The highest BCUT2D eigenvalue weighted by molar-refractivity contribution is 7.92. The molecule has 0 aliphatic rings. The molecular weight excluding hydrogens is 259 g/mol. The van der Waals surface area contributed by atoms with E-state index in [0.29, 0.717) is 5.76 Å². The number of rotatable bonds is 3. The van der Waals surface area contributed by atoms with Gasteiger partial charge in [-0.2, -0.15) is 8.42 Å². The van der Waals surface area contributed by atoms with E-state index in [1.165, 1.54) is 18.2 Å². The monoisotopic (exact) mass is 270 g/mol. The molecule has 2 aromatic rings. The van der Waals surface area contributed by atoms with Crippen molar-refractivity contribution in [2.24, 2.45) is 0 Å². The Labute approximate surface area is 103 Å². The van der Waals surface area contributed by atoms with Crippen molar-refractivity contribution in [1.82, 2.24) is 0 Å². The standard InChI is InChI=1S/C11H11FN2O3S/c1-7-2-5-11(17-7)18(15,16)14-10-6-8(12)3-4-9(10)13/h2-6,14H,13H2,1H3.